The van der Waals surface area contributed by atoms with Crippen LogP contribution in [0.25, 0.3) is 0 Å². The van der Waals surface area contributed by atoms with E-state index in [4.69, 9.17) is 10.8 Å². The van der Waals surface area contributed by atoms with Crippen molar-refractivity contribution < 1.29 is 22.7 Å². The Kier molecular flexibility index (Phi) is 2.90. The van der Waals surface area contributed by atoms with Gasteiger partial charge in [0, 0.05) is 11.6 Å². The van der Waals surface area contributed by atoms with Gasteiger partial charge in [-0.3, -0.25) is 0 Å². The Morgan fingerprint density at radius 1 is 1.33 bits per heavy atom. The van der Waals surface area contributed by atoms with Gasteiger partial charge in [0.15, 0.2) is 11.6 Å². The Bertz CT molecular complexity index is 379. The Labute approximate surface area is 83.3 Å². The summed E-state index contributed by atoms with van der Waals surface area (Å²) in [5.74, 6) is -3.44. The summed E-state index contributed by atoms with van der Waals surface area (Å²) < 4.78 is 50.5. The summed E-state index contributed by atoms with van der Waals surface area (Å²) in [6.07, 6.45) is -3.05. The molecule has 0 aliphatic heterocycles. The first-order valence-corrected chi connectivity index (χ1v) is 4.02. The lowest BCUT2D eigenvalue weighted by Gasteiger charge is -2.25. The predicted molar refractivity (Wildman–Crippen MR) is 45.6 cm³/mol. The molecule has 1 aromatic carbocycles. The van der Waals surface area contributed by atoms with Crippen LogP contribution in [0.2, 0.25) is 0 Å². The maximum Gasteiger partial charge on any atom is 0.260 e. The van der Waals surface area contributed by atoms with E-state index in [9.17, 15) is 17.6 Å². The highest BCUT2D eigenvalue weighted by molar-refractivity contribution is 5.39. The molecule has 0 amide bonds. The Morgan fingerprint density at radius 3 is 2.33 bits per heavy atom. The Morgan fingerprint density at radius 2 is 1.87 bits per heavy atom. The van der Waals surface area contributed by atoms with Crippen molar-refractivity contribution in [2.75, 3.05) is 0 Å². The van der Waals surface area contributed by atoms with E-state index in [1.54, 1.807) is 0 Å². The van der Waals surface area contributed by atoms with Gasteiger partial charge in [-0.1, -0.05) is 0 Å². The molecule has 0 spiro atoms. The maximum atomic E-state index is 12.8. The number of aromatic hydroxyl groups is 1. The first-order valence-electron chi connectivity index (χ1n) is 4.02. The van der Waals surface area contributed by atoms with Crippen molar-refractivity contribution in [3.8, 4) is 5.75 Å². The third-order valence-electron chi connectivity index (χ3n) is 2.06. The summed E-state index contributed by atoms with van der Waals surface area (Å²) in [5, 5.41) is 9.15. The van der Waals surface area contributed by atoms with Crippen molar-refractivity contribution in [1.82, 2.24) is 0 Å². The number of phenolic OH excluding ortho intramolecular Hbond substituents is 1. The van der Waals surface area contributed by atoms with E-state index in [0.29, 0.717) is 12.1 Å². The number of alkyl halides is 2. The van der Waals surface area contributed by atoms with Crippen LogP contribution < -0.4 is 5.73 Å². The van der Waals surface area contributed by atoms with Crippen molar-refractivity contribution in [2.24, 2.45) is 5.73 Å². The molecule has 6 heteroatoms. The lowest BCUT2D eigenvalue weighted by atomic mass is 9.92. The SMILES string of the molecule is CC(N)(c1cc(F)cc(F)c1O)C(F)F. The summed E-state index contributed by atoms with van der Waals surface area (Å²) in [7, 11) is 0. The topological polar surface area (TPSA) is 46.2 Å². The number of hydrogen-bond acceptors (Lipinski definition) is 2. The smallest absolute Gasteiger partial charge is 0.260 e. The minimum atomic E-state index is -3.05. The van der Waals surface area contributed by atoms with Crippen LogP contribution >= 0.6 is 0 Å². The van der Waals surface area contributed by atoms with Crippen LogP contribution in [0.5, 0.6) is 5.75 Å². The third-order valence-corrected chi connectivity index (χ3v) is 2.06. The Hall–Kier alpha value is -1.30. The maximum absolute atomic E-state index is 12.8. The fourth-order valence-electron chi connectivity index (χ4n) is 1.09. The van der Waals surface area contributed by atoms with Gasteiger partial charge in [0.1, 0.15) is 11.4 Å². The van der Waals surface area contributed by atoms with Gasteiger partial charge in [-0.25, -0.2) is 17.6 Å². The molecule has 0 aromatic heterocycles. The van der Waals surface area contributed by atoms with Crippen LogP contribution in [0, 0.1) is 11.6 Å². The summed E-state index contributed by atoms with van der Waals surface area (Å²) in [5.41, 5.74) is 2.22. The molecule has 1 aromatic rings. The monoisotopic (exact) mass is 223 g/mol. The summed E-state index contributed by atoms with van der Waals surface area (Å²) in [6, 6.07) is 0.977. The van der Waals surface area contributed by atoms with Gasteiger partial charge in [-0.05, 0) is 13.0 Å². The predicted octanol–water partition coefficient (Wildman–Crippen LogP) is 2.11. The van der Waals surface area contributed by atoms with Gasteiger partial charge in [-0.2, -0.15) is 0 Å². The molecule has 2 nitrogen and oxygen atoms in total. The van der Waals surface area contributed by atoms with Gasteiger partial charge < -0.3 is 10.8 Å². The van der Waals surface area contributed by atoms with Crippen LogP contribution in [-0.4, -0.2) is 11.5 Å². The molecule has 1 unspecified atom stereocenters. The van der Waals surface area contributed by atoms with Gasteiger partial charge in [-0.15, -0.1) is 0 Å². The molecule has 1 rings (SSSR count). The minimum absolute atomic E-state index is 0.389. The molecule has 0 heterocycles. The summed E-state index contributed by atoms with van der Waals surface area (Å²) in [6.45, 7) is 0.881. The standard InChI is InChI=1S/C9H9F4NO/c1-9(14,8(12)13)5-2-4(10)3-6(11)7(5)15/h2-3,8,15H,14H2,1H3. The van der Waals surface area contributed by atoms with Crippen LogP contribution in [-0.2, 0) is 5.54 Å². The van der Waals surface area contributed by atoms with Gasteiger partial charge in [0.05, 0.1) is 0 Å². The van der Waals surface area contributed by atoms with E-state index in [1.165, 1.54) is 0 Å². The third kappa shape index (κ3) is 2.04. The molecular formula is C9H9F4NO. The molecular weight excluding hydrogens is 214 g/mol. The molecule has 15 heavy (non-hydrogen) atoms. The van der Waals surface area contributed by atoms with E-state index >= 15 is 0 Å². The van der Waals surface area contributed by atoms with Crippen LogP contribution in [0.3, 0.4) is 0 Å². The van der Waals surface area contributed by atoms with E-state index in [-0.39, 0.29) is 0 Å². The molecule has 0 radical (unpaired) electrons. The van der Waals surface area contributed by atoms with Crippen molar-refractivity contribution in [1.29, 1.82) is 0 Å². The average Bonchev–Trinajstić information content (AvgIpc) is 2.10. The molecule has 0 aliphatic carbocycles. The van der Waals surface area contributed by atoms with Crippen LogP contribution in [0.1, 0.15) is 12.5 Å². The highest BCUT2D eigenvalue weighted by Crippen LogP contribution is 2.34. The van der Waals surface area contributed by atoms with Crippen molar-refractivity contribution in [2.45, 2.75) is 18.9 Å². The summed E-state index contributed by atoms with van der Waals surface area (Å²) in [4.78, 5) is 0. The second-order valence-electron chi connectivity index (χ2n) is 3.37. The van der Waals surface area contributed by atoms with E-state index in [1.807, 2.05) is 0 Å². The normalized spacial score (nSPS) is 15.4. The second-order valence-corrected chi connectivity index (χ2v) is 3.37. The highest BCUT2D eigenvalue weighted by atomic mass is 19.3. The number of benzene rings is 1. The van der Waals surface area contributed by atoms with Crippen LogP contribution in [0.4, 0.5) is 17.6 Å². The average molecular weight is 223 g/mol. The quantitative estimate of drug-likeness (QED) is 0.754. The van der Waals surface area contributed by atoms with Gasteiger partial charge >= 0.3 is 0 Å². The van der Waals surface area contributed by atoms with Gasteiger partial charge in [0.2, 0.25) is 0 Å². The molecule has 0 saturated heterocycles. The molecule has 1 atom stereocenters. The number of hydrogen-bond donors (Lipinski definition) is 2. The molecule has 3 N–H and O–H groups in total. The van der Waals surface area contributed by atoms with E-state index < -0.39 is 34.9 Å². The number of halogens is 4. The van der Waals surface area contributed by atoms with Crippen molar-refractivity contribution in [3.63, 3.8) is 0 Å². The fourth-order valence-corrected chi connectivity index (χ4v) is 1.09. The number of phenols is 1. The minimum Gasteiger partial charge on any atom is -0.505 e. The first-order chi connectivity index (χ1) is 6.76. The lowest BCUT2D eigenvalue weighted by molar-refractivity contribution is 0.0606. The fraction of sp³-hybridized carbons (Fsp3) is 0.333. The molecule has 0 aliphatic rings. The van der Waals surface area contributed by atoms with E-state index in [0.717, 1.165) is 6.92 Å². The number of nitrogens with two attached hydrogens (primary N) is 1. The lowest BCUT2D eigenvalue weighted by Crippen LogP contribution is -2.40. The largest absolute Gasteiger partial charge is 0.505 e. The van der Waals surface area contributed by atoms with Gasteiger partial charge in [0.25, 0.3) is 6.43 Å². The number of rotatable bonds is 2. The zero-order chi connectivity index (χ0) is 11.8. The van der Waals surface area contributed by atoms with E-state index in [2.05, 4.69) is 0 Å². The van der Waals surface area contributed by atoms with Crippen molar-refractivity contribution in [3.05, 3.63) is 29.3 Å². The molecule has 0 fully saturated rings. The summed E-state index contributed by atoms with van der Waals surface area (Å²) >= 11 is 0. The molecule has 84 valence electrons. The highest BCUT2D eigenvalue weighted by Gasteiger charge is 2.36. The zero-order valence-electron chi connectivity index (χ0n) is 7.77. The molecule has 0 saturated carbocycles. The van der Waals surface area contributed by atoms with Crippen LogP contribution in [0.15, 0.2) is 12.1 Å². The Balaban J connectivity index is 3.37. The van der Waals surface area contributed by atoms with Crippen molar-refractivity contribution >= 4 is 0 Å². The molecule has 0 bridgehead atoms. The zero-order valence-corrected chi connectivity index (χ0v) is 7.77. The first kappa shape index (κ1) is 11.8. The second kappa shape index (κ2) is 3.69.